The van der Waals surface area contributed by atoms with Crippen LogP contribution in [0.15, 0.2) is 72.9 Å². The number of rotatable bonds is 1. The zero-order chi connectivity index (χ0) is 17.0. The van der Waals surface area contributed by atoms with Gasteiger partial charge in [0.1, 0.15) is 7.05 Å². The second-order valence-electron chi connectivity index (χ2n) is 6.66. The van der Waals surface area contributed by atoms with Crippen LogP contribution < -0.4 is 4.57 Å². The van der Waals surface area contributed by atoms with Crippen LogP contribution in [0.4, 0.5) is 0 Å². The number of fused-ring (bicyclic) bond motifs is 4. The summed E-state index contributed by atoms with van der Waals surface area (Å²) >= 11 is 1.88. The molecule has 0 radical (unpaired) electrons. The van der Waals surface area contributed by atoms with Crippen molar-refractivity contribution in [1.82, 2.24) is 0 Å². The van der Waals surface area contributed by atoms with Gasteiger partial charge in [-0.05, 0) is 41.5 Å². The topological polar surface area (TPSA) is 3.88 Å². The number of benzene rings is 3. The maximum Gasteiger partial charge on any atom is 0.213 e. The summed E-state index contributed by atoms with van der Waals surface area (Å²) in [5, 5.41) is 5.32. The van der Waals surface area contributed by atoms with Crippen LogP contribution >= 0.6 is 11.3 Å². The van der Waals surface area contributed by atoms with Gasteiger partial charge in [0, 0.05) is 27.1 Å². The molecule has 0 atom stereocenters. The number of aromatic nitrogens is 1. The Balaban J connectivity index is 1.87. The minimum atomic E-state index is 1.26. The Bertz CT molecular complexity index is 1260. The van der Waals surface area contributed by atoms with Gasteiger partial charge in [-0.1, -0.05) is 42.5 Å². The Hall–Kier alpha value is -2.71. The van der Waals surface area contributed by atoms with Gasteiger partial charge in [-0.15, -0.1) is 11.3 Å². The molecule has 0 saturated carbocycles. The minimum absolute atomic E-state index is 1.26. The van der Waals surface area contributed by atoms with Crippen LogP contribution in [-0.2, 0) is 7.05 Å². The van der Waals surface area contributed by atoms with Crippen molar-refractivity contribution in [3.8, 4) is 11.3 Å². The van der Waals surface area contributed by atoms with E-state index in [0.29, 0.717) is 0 Å². The van der Waals surface area contributed by atoms with Gasteiger partial charge in [0.2, 0.25) is 5.69 Å². The summed E-state index contributed by atoms with van der Waals surface area (Å²) in [6.07, 6.45) is 2.27. The monoisotopic (exact) mass is 340 g/mol. The first-order chi connectivity index (χ1) is 12.2. The normalized spacial score (nSPS) is 11.6. The Morgan fingerprint density at radius 1 is 0.760 bits per heavy atom. The van der Waals surface area contributed by atoms with Gasteiger partial charge < -0.3 is 0 Å². The molecule has 0 saturated heterocycles. The molecule has 2 heterocycles. The van der Waals surface area contributed by atoms with Crippen LogP contribution in [0.5, 0.6) is 0 Å². The molecule has 3 aromatic carbocycles. The predicted octanol–water partition coefficient (Wildman–Crippen LogP) is 6.01. The lowest BCUT2D eigenvalue weighted by Crippen LogP contribution is -2.30. The summed E-state index contributed by atoms with van der Waals surface area (Å²) in [5.41, 5.74) is 3.87. The van der Waals surface area contributed by atoms with Crippen molar-refractivity contribution in [1.29, 1.82) is 0 Å². The molecule has 0 unspecified atom stereocenters. The third-order valence-corrected chi connectivity index (χ3v) is 6.12. The minimum Gasteiger partial charge on any atom is -0.200 e. The fourth-order valence-electron chi connectivity index (χ4n) is 3.68. The fraction of sp³-hybridized carbons (Fsp3) is 0.0870. The summed E-state index contributed by atoms with van der Waals surface area (Å²) in [6, 6.07) is 24.2. The Morgan fingerprint density at radius 2 is 1.44 bits per heavy atom. The highest BCUT2D eigenvalue weighted by Gasteiger charge is 2.17. The number of nitrogens with zero attached hydrogens (tertiary/aromatic N) is 1. The SMILES string of the molecule is Cc1ccccc1-c1cc2c(c[n+]1C)sc1cc3ccccc3cc12. The van der Waals surface area contributed by atoms with E-state index in [9.17, 15) is 0 Å². The van der Waals surface area contributed by atoms with Gasteiger partial charge in [-0.2, -0.15) is 4.57 Å². The highest BCUT2D eigenvalue weighted by molar-refractivity contribution is 7.25. The first kappa shape index (κ1) is 14.6. The third kappa shape index (κ3) is 2.25. The molecule has 5 rings (SSSR count). The van der Waals surface area contributed by atoms with E-state index in [1.807, 2.05) is 11.3 Å². The number of aryl methyl sites for hydroxylation is 2. The first-order valence-electron chi connectivity index (χ1n) is 8.51. The van der Waals surface area contributed by atoms with E-state index >= 15 is 0 Å². The van der Waals surface area contributed by atoms with Gasteiger partial charge in [0.15, 0.2) is 6.20 Å². The van der Waals surface area contributed by atoms with Gasteiger partial charge in [0.05, 0.1) is 4.70 Å². The van der Waals surface area contributed by atoms with E-state index in [2.05, 4.69) is 91.5 Å². The van der Waals surface area contributed by atoms with Gasteiger partial charge in [0.25, 0.3) is 0 Å². The van der Waals surface area contributed by atoms with Crippen molar-refractivity contribution in [3.05, 3.63) is 78.5 Å². The summed E-state index contributed by atoms with van der Waals surface area (Å²) in [6.45, 7) is 2.18. The smallest absolute Gasteiger partial charge is 0.200 e. The lowest BCUT2D eigenvalue weighted by atomic mass is 10.0. The van der Waals surface area contributed by atoms with E-state index in [4.69, 9.17) is 0 Å². The predicted molar refractivity (Wildman–Crippen MR) is 108 cm³/mol. The molecular weight excluding hydrogens is 322 g/mol. The zero-order valence-corrected chi connectivity index (χ0v) is 15.1. The number of thiophene rings is 1. The van der Waals surface area contributed by atoms with Crippen molar-refractivity contribution in [2.24, 2.45) is 7.05 Å². The van der Waals surface area contributed by atoms with Crippen molar-refractivity contribution in [2.45, 2.75) is 6.92 Å². The van der Waals surface area contributed by atoms with Crippen LogP contribution in [0, 0.1) is 6.92 Å². The van der Waals surface area contributed by atoms with Crippen molar-refractivity contribution in [2.75, 3.05) is 0 Å². The lowest BCUT2D eigenvalue weighted by molar-refractivity contribution is -0.659. The average molecular weight is 340 g/mol. The lowest BCUT2D eigenvalue weighted by Gasteiger charge is -2.04. The quantitative estimate of drug-likeness (QED) is 0.329. The van der Waals surface area contributed by atoms with E-state index in [0.717, 1.165) is 0 Å². The average Bonchev–Trinajstić information content (AvgIpc) is 2.96. The fourth-order valence-corrected chi connectivity index (χ4v) is 4.87. The molecule has 120 valence electrons. The van der Waals surface area contributed by atoms with E-state index in [-0.39, 0.29) is 0 Å². The van der Waals surface area contributed by atoms with Gasteiger partial charge >= 0.3 is 0 Å². The molecule has 2 aromatic heterocycles. The summed E-state index contributed by atoms with van der Waals surface area (Å²) in [4.78, 5) is 0. The second kappa shape index (κ2) is 5.40. The Kier molecular flexibility index (Phi) is 3.16. The summed E-state index contributed by atoms with van der Waals surface area (Å²) < 4.78 is 4.94. The number of pyridine rings is 1. The second-order valence-corrected chi connectivity index (χ2v) is 7.74. The van der Waals surface area contributed by atoms with Crippen LogP contribution in [0.3, 0.4) is 0 Å². The van der Waals surface area contributed by atoms with Crippen molar-refractivity contribution < 1.29 is 4.57 Å². The summed E-state index contributed by atoms with van der Waals surface area (Å²) in [5.74, 6) is 0. The Morgan fingerprint density at radius 3 is 2.24 bits per heavy atom. The molecule has 25 heavy (non-hydrogen) atoms. The van der Waals surface area contributed by atoms with E-state index < -0.39 is 0 Å². The molecule has 0 aliphatic heterocycles. The van der Waals surface area contributed by atoms with Crippen LogP contribution in [0.25, 0.3) is 42.2 Å². The molecule has 0 amide bonds. The zero-order valence-electron chi connectivity index (χ0n) is 14.3. The standard InChI is InChI=1S/C23H18NS/c1-15-7-3-6-10-18(15)21-13-20-19-11-16-8-4-5-9-17(16)12-22(19)25-23(20)14-24(21)2/h3-14H,1-2H3/q+1. The largest absolute Gasteiger partial charge is 0.213 e. The van der Waals surface area contributed by atoms with Gasteiger partial charge in [-0.25, -0.2) is 0 Å². The molecule has 0 aliphatic rings. The van der Waals surface area contributed by atoms with Gasteiger partial charge in [-0.3, -0.25) is 0 Å². The van der Waals surface area contributed by atoms with E-state index in [1.54, 1.807) is 0 Å². The molecule has 0 bridgehead atoms. The molecule has 5 aromatic rings. The Labute approximate surface area is 150 Å². The molecule has 0 fully saturated rings. The maximum atomic E-state index is 2.35. The van der Waals surface area contributed by atoms with Crippen molar-refractivity contribution in [3.63, 3.8) is 0 Å². The highest BCUT2D eigenvalue weighted by atomic mass is 32.1. The summed E-state index contributed by atoms with van der Waals surface area (Å²) in [7, 11) is 2.14. The first-order valence-corrected chi connectivity index (χ1v) is 9.33. The maximum absolute atomic E-state index is 2.35. The van der Waals surface area contributed by atoms with Crippen LogP contribution in [0.2, 0.25) is 0 Å². The molecular formula is C23H18NS+. The molecule has 0 spiro atoms. The van der Waals surface area contributed by atoms with E-state index in [1.165, 1.54) is 47.8 Å². The van der Waals surface area contributed by atoms with Crippen LogP contribution in [0.1, 0.15) is 5.56 Å². The highest BCUT2D eigenvalue weighted by Crippen LogP contribution is 2.37. The number of hydrogen-bond acceptors (Lipinski definition) is 1. The molecule has 2 heteroatoms. The number of hydrogen-bond donors (Lipinski definition) is 0. The van der Waals surface area contributed by atoms with Crippen molar-refractivity contribution >= 4 is 42.3 Å². The molecule has 0 N–H and O–H groups in total. The molecule has 1 nitrogen and oxygen atoms in total. The third-order valence-electron chi connectivity index (χ3n) is 5.02. The van der Waals surface area contributed by atoms with Crippen LogP contribution in [-0.4, -0.2) is 0 Å². The molecule has 0 aliphatic carbocycles.